The lowest BCUT2D eigenvalue weighted by molar-refractivity contribution is 0.548. The Labute approximate surface area is 147 Å². The Balaban J connectivity index is 2.28. The highest BCUT2D eigenvalue weighted by atomic mass is 127. The highest BCUT2D eigenvalue weighted by Gasteiger charge is 2.15. The first-order chi connectivity index (χ1) is 9.51. The number of halogens is 4. The normalized spacial score (nSPS) is 12.4. The van der Waals surface area contributed by atoms with Crippen LogP contribution in [0, 0.1) is 9.39 Å². The van der Waals surface area contributed by atoms with Gasteiger partial charge in [0.05, 0.1) is 10.5 Å². The molecule has 0 amide bonds. The van der Waals surface area contributed by atoms with E-state index in [1.54, 1.807) is 12.1 Å². The molecular weight excluding hydrogens is 502 g/mol. The Kier molecular flexibility index (Phi) is 5.97. The Morgan fingerprint density at radius 1 is 1.20 bits per heavy atom. The lowest BCUT2D eigenvalue weighted by atomic mass is 9.99. The Hall–Kier alpha value is -0.0200. The lowest BCUT2D eigenvalue weighted by Gasteiger charge is -2.18. The zero-order valence-corrected chi connectivity index (χ0v) is 15.7. The maximum absolute atomic E-state index is 13.3. The van der Waals surface area contributed by atoms with Crippen LogP contribution in [0.25, 0.3) is 0 Å². The predicted octanol–water partition coefficient (Wildman–Crippen LogP) is 4.70. The van der Waals surface area contributed by atoms with Gasteiger partial charge in [0.15, 0.2) is 0 Å². The SMILES string of the molecule is NNC(Cc1ccc(F)c(Br)c1)c1cc(Br)ccc1I. The maximum atomic E-state index is 13.3. The fourth-order valence-electron chi connectivity index (χ4n) is 1.94. The van der Waals surface area contributed by atoms with Gasteiger partial charge in [-0.25, -0.2) is 4.39 Å². The molecule has 6 heteroatoms. The molecule has 106 valence electrons. The summed E-state index contributed by atoms with van der Waals surface area (Å²) in [6.45, 7) is 0. The monoisotopic (exact) mass is 512 g/mol. The Morgan fingerprint density at radius 3 is 2.60 bits per heavy atom. The summed E-state index contributed by atoms with van der Waals surface area (Å²) in [4.78, 5) is 0. The molecule has 20 heavy (non-hydrogen) atoms. The van der Waals surface area contributed by atoms with Gasteiger partial charge in [0.2, 0.25) is 0 Å². The van der Waals surface area contributed by atoms with Crippen LogP contribution in [0.4, 0.5) is 4.39 Å². The fraction of sp³-hybridized carbons (Fsp3) is 0.143. The first-order valence-electron chi connectivity index (χ1n) is 5.86. The van der Waals surface area contributed by atoms with Crippen molar-refractivity contribution in [3.63, 3.8) is 0 Å². The second-order valence-corrected chi connectivity index (χ2v) is 7.27. The van der Waals surface area contributed by atoms with Crippen molar-refractivity contribution >= 4 is 54.5 Å². The van der Waals surface area contributed by atoms with Crippen LogP contribution < -0.4 is 11.3 Å². The van der Waals surface area contributed by atoms with Crippen molar-refractivity contribution in [3.05, 3.63) is 65.9 Å². The largest absolute Gasteiger partial charge is 0.271 e. The first kappa shape index (κ1) is 16.4. The molecule has 0 saturated heterocycles. The summed E-state index contributed by atoms with van der Waals surface area (Å²) in [5.74, 6) is 5.42. The van der Waals surface area contributed by atoms with E-state index in [0.717, 1.165) is 19.2 Å². The van der Waals surface area contributed by atoms with Crippen molar-refractivity contribution in [2.45, 2.75) is 12.5 Å². The van der Waals surface area contributed by atoms with E-state index < -0.39 is 0 Å². The summed E-state index contributed by atoms with van der Waals surface area (Å²) in [6, 6.07) is 11.1. The summed E-state index contributed by atoms with van der Waals surface area (Å²) >= 11 is 8.96. The number of hydrazine groups is 1. The summed E-state index contributed by atoms with van der Waals surface area (Å²) in [6.07, 6.45) is 0.682. The minimum absolute atomic E-state index is 0.0308. The van der Waals surface area contributed by atoms with Gasteiger partial charge in [-0.3, -0.25) is 11.3 Å². The fourth-order valence-corrected chi connectivity index (χ4v) is 3.46. The third-order valence-corrected chi connectivity index (χ3v) is 5.04. The zero-order chi connectivity index (χ0) is 14.7. The molecule has 0 saturated carbocycles. The average molecular weight is 514 g/mol. The van der Waals surface area contributed by atoms with Crippen molar-refractivity contribution in [2.75, 3.05) is 0 Å². The topological polar surface area (TPSA) is 38.0 Å². The molecule has 0 bridgehead atoms. The van der Waals surface area contributed by atoms with E-state index in [9.17, 15) is 4.39 Å². The third-order valence-electron chi connectivity index (χ3n) is 2.96. The molecule has 2 aromatic carbocycles. The molecule has 0 fully saturated rings. The maximum Gasteiger partial charge on any atom is 0.137 e. The van der Waals surface area contributed by atoms with Gasteiger partial charge in [0, 0.05) is 8.04 Å². The lowest BCUT2D eigenvalue weighted by Crippen LogP contribution is -2.30. The zero-order valence-electron chi connectivity index (χ0n) is 10.3. The van der Waals surface area contributed by atoms with Crippen LogP contribution >= 0.6 is 54.5 Å². The molecule has 2 aromatic rings. The molecule has 0 aliphatic heterocycles. The van der Waals surface area contributed by atoms with E-state index in [0.29, 0.717) is 10.9 Å². The summed E-state index contributed by atoms with van der Waals surface area (Å²) < 4.78 is 15.9. The molecule has 0 aliphatic carbocycles. The highest BCUT2D eigenvalue weighted by molar-refractivity contribution is 14.1. The first-order valence-corrected chi connectivity index (χ1v) is 8.52. The van der Waals surface area contributed by atoms with E-state index in [4.69, 9.17) is 5.84 Å². The van der Waals surface area contributed by atoms with Gasteiger partial charge in [0.25, 0.3) is 0 Å². The molecule has 2 rings (SSSR count). The minimum atomic E-state index is -0.261. The number of rotatable bonds is 4. The van der Waals surface area contributed by atoms with E-state index in [2.05, 4.69) is 59.9 Å². The molecule has 0 radical (unpaired) electrons. The predicted molar refractivity (Wildman–Crippen MR) is 94.7 cm³/mol. The van der Waals surface area contributed by atoms with Crippen LogP contribution in [0.3, 0.4) is 0 Å². The molecule has 0 heterocycles. The van der Waals surface area contributed by atoms with Crippen molar-refractivity contribution in [3.8, 4) is 0 Å². The molecule has 2 nitrogen and oxygen atoms in total. The number of hydrogen-bond donors (Lipinski definition) is 2. The summed E-state index contributed by atoms with van der Waals surface area (Å²) in [5.41, 5.74) is 4.96. The van der Waals surface area contributed by atoms with Gasteiger partial charge in [-0.1, -0.05) is 22.0 Å². The minimum Gasteiger partial charge on any atom is -0.271 e. The van der Waals surface area contributed by atoms with Gasteiger partial charge >= 0.3 is 0 Å². The number of benzene rings is 2. The van der Waals surface area contributed by atoms with E-state index in [1.165, 1.54) is 6.07 Å². The van der Waals surface area contributed by atoms with Crippen molar-refractivity contribution in [2.24, 2.45) is 5.84 Å². The van der Waals surface area contributed by atoms with Crippen LogP contribution in [0.5, 0.6) is 0 Å². The van der Waals surface area contributed by atoms with Gasteiger partial charge in [-0.05, 0) is 86.4 Å². The third kappa shape index (κ3) is 4.00. The van der Waals surface area contributed by atoms with Crippen LogP contribution in [0.2, 0.25) is 0 Å². The Bertz CT molecular complexity index is 622. The van der Waals surface area contributed by atoms with Gasteiger partial charge in [0.1, 0.15) is 5.82 Å². The van der Waals surface area contributed by atoms with E-state index >= 15 is 0 Å². The van der Waals surface area contributed by atoms with Crippen LogP contribution in [0.15, 0.2) is 45.3 Å². The van der Waals surface area contributed by atoms with Crippen molar-refractivity contribution in [1.29, 1.82) is 0 Å². The van der Waals surface area contributed by atoms with E-state index in [1.807, 2.05) is 18.2 Å². The second kappa shape index (κ2) is 7.31. The number of nitrogens with one attached hydrogen (secondary N) is 1. The van der Waals surface area contributed by atoms with Crippen molar-refractivity contribution in [1.82, 2.24) is 5.43 Å². The van der Waals surface area contributed by atoms with E-state index in [-0.39, 0.29) is 11.9 Å². The quantitative estimate of drug-likeness (QED) is 0.353. The van der Waals surface area contributed by atoms with Crippen LogP contribution in [0.1, 0.15) is 17.2 Å². The highest BCUT2D eigenvalue weighted by Crippen LogP contribution is 2.27. The standard InChI is InChI=1S/C14H12Br2FIN2/c15-9-2-4-13(18)10(7-9)14(20-19)6-8-1-3-12(17)11(16)5-8/h1-5,7,14,20H,6,19H2. The van der Waals surface area contributed by atoms with Gasteiger partial charge in [-0.15, -0.1) is 0 Å². The summed E-state index contributed by atoms with van der Waals surface area (Å²) in [7, 11) is 0. The second-order valence-electron chi connectivity index (χ2n) is 4.34. The van der Waals surface area contributed by atoms with Gasteiger partial charge in [-0.2, -0.15) is 0 Å². The van der Waals surface area contributed by atoms with Gasteiger partial charge < -0.3 is 0 Å². The molecule has 0 aromatic heterocycles. The Morgan fingerprint density at radius 2 is 1.95 bits per heavy atom. The van der Waals surface area contributed by atoms with Crippen LogP contribution in [-0.4, -0.2) is 0 Å². The molecule has 1 atom stereocenters. The average Bonchev–Trinajstić information content (AvgIpc) is 2.43. The molecular formula is C14H12Br2FIN2. The molecule has 0 spiro atoms. The molecule has 3 N–H and O–H groups in total. The van der Waals surface area contributed by atoms with Crippen molar-refractivity contribution < 1.29 is 4.39 Å². The summed E-state index contributed by atoms with van der Waals surface area (Å²) in [5, 5.41) is 0. The van der Waals surface area contributed by atoms with Crippen LogP contribution in [-0.2, 0) is 6.42 Å². The number of nitrogens with two attached hydrogens (primary N) is 1. The molecule has 0 aliphatic rings. The number of hydrogen-bond acceptors (Lipinski definition) is 2. The molecule has 1 unspecified atom stereocenters. The smallest absolute Gasteiger partial charge is 0.137 e.